The summed E-state index contributed by atoms with van der Waals surface area (Å²) in [5.41, 5.74) is -0.238. The van der Waals surface area contributed by atoms with Crippen molar-refractivity contribution in [3.8, 4) is 5.75 Å². The highest BCUT2D eigenvalue weighted by Crippen LogP contribution is 2.33. The van der Waals surface area contributed by atoms with Crippen molar-refractivity contribution in [3.63, 3.8) is 0 Å². The third-order valence-corrected chi connectivity index (χ3v) is 4.61. The van der Waals surface area contributed by atoms with Crippen LogP contribution in [0.4, 0.5) is 13.2 Å². The lowest BCUT2D eigenvalue weighted by Crippen LogP contribution is -2.30. The van der Waals surface area contributed by atoms with E-state index in [9.17, 15) is 22.8 Å². The minimum Gasteiger partial charge on any atom is -0.474 e. The second-order valence-electron chi connectivity index (χ2n) is 6.74. The Morgan fingerprint density at radius 1 is 1.06 bits per heavy atom. The molecule has 0 radical (unpaired) electrons. The van der Waals surface area contributed by atoms with E-state index < -0.39 is 29.7 Å². The Balaban J connectivity index is 1.67. The van der Waals surface area contributed by atoms with E-state index in [4.69, 9.17) is 21.1 Å². The lowest BCUT2D eigenvalue weighted by molar-refractivity contribution is -0.152. The van der Waals surface area contributed by atoms with Gasteiger partial charge in [-0.05, 0) is 42.5 Å². The zero-order valence-corrected chi connectivity index (χ0v) is 17.8. The van der Waals surface area contributed by atoms with Gasteiger partial charge in [0.15, 0.2) is 0 Å². The Morgan fingerprint density at radius 2 is 1.82 bits per heavy atom. The molecule has 1 heterocycles. The zero-order chi connectivity index (χ0) is 23.8. The van der Waals surface area contributed by atoms with E-state index in [1.165, 1.54) is 48.8 Å². The first-order valence-electron chi connectivity index (χ1n) is 9.68. The maximum atomic E-state index is 13.0. The van der Waals surface area contributed by atoms with E-state index in [-0.39, 0.29) is 18.9 Å². The lowest BCUT2D eigenvalue weighted by atomic mass is 10.1. The van der Waals surface area contributed by atoms with Crippen LogP contribution in [0.15, 0.2) is 73.1 Å². The van der Waals surface area contributed by atoms with Gasteiger partial charge in [0.2, 0.25) is 6.10 Å². The Kier molecular flexibility index (Phi) is 7.89. The monoisotopic (exact) mass is 478 g/mol. The number of carbonyl (C=O) groups excluding carboxylic acids is 2. The third-order valence-electron chi connectivity index (χ3n) is 4.36. The Morgan fingerprint density at radius 3 is 2.48 bits per heavy atom. The van der Waals surface area contributed by atoms with E-state index in [0.717, 1.165) is 12.1 Å². The molecule has 0 aliphatic carbocycles. The van der Waals surface area contributed by atoms with Crippen molar-refractivity contribution >= 4 is 23.5 Å². The molecule has 1 N–H and O–H groups in total. The zero-order valence-electron chi connectivity index (χ0n) is 17.0. The summed E-state index contributed by atoms with van der Waals surface area (Å²) in [7, 11) is 0. The summed E-state index contributed by atoms with van der Waals surface area (Å²) in [6.45, 7) is -0.169. The van der Waals surface area contributed by atoms with Crippen LogP contribution in [-0.2, 0) is 15.7 Å². The van der Waals surface area contributed by atoms with E-state index in [2.05, 4.69) is 10.3 Å². The molecule has 1 aromatic heterocycles. The van der Waals surface area contributed by atoms with Crippen LogP contribution in [0.1, 0.15) is 27.6 Å². The maximum absolute atomic E-state index is 13.0. The maximum Gasteiger partial charge on any atom is 0.416 e. The number of hydrogen-bond acceptors (Lipinski definition) is 5. The van der Waals surface area contributed by atoms with E-state index in [1.807, 2.05) is 0 Å². The smallest absolute Gasteiger partial charge is 0.416 e. The number of ether oxygens (including phenoxy) is 2. The normalized spacial score (nSPS) is 12.0. The number of hydrogen-bond donors (Lipinski definition) is 1. The van der Waals surface area contributed by atoms with Gasteiger partial charge in [-0.3, -0.25) is 9.78 Å². The molecule has 33 heavy (non-hydrogen) atoms. The van der Waals surface area contributed by atoms with Crippen molar-refractivity contribution in [3.05, 3.63) is 94.8 Å². The quantitative estimate of drug-likeness (QED) is 0.370. The van der Waals surface area contributed by atoms with E-state index >= 15 is 0 Å². The van der Waals surface area contributed by atoms with Gasteiger partial charge >= 0.3 is 12.1 Å². The van der Waals surface area contributed by atoms with Crippen LogP contribution in [0.25, 0.3) is 0 Å². The van der Waals surface area contributed by atoms with Crippen molar-refractivity contribution in [1.82, 2.24) is 10.3 Å². The number of nitrogens with zero attached hydrogens (tertiary/aromatic N) is 1. The first-order chi connectivity index (χ1) is 15.7. The van der Waals surface area contributed by atoms with Crippen molar-refractivity contribution < 1.29 is 32.2 Å². The summed E-state index contributed by atoms with van der Waals surface area (Å²) in [6, 6.07) is 13.4. The predicted molar refractivity (Wildman–Crippen MR) is 114 cm³/mol. The number of esters is 1. The Hall–Kier alpha value is -3.59. The number of carbonyl (C=O) groups is 2. The fourth-order valence-electron chi connectivity index (χ4n) is 2.76. The van der Waals surface area contributed by atoms with Crippen molar-refractivity contribution in [2.45, 2.75) is 12.3 Å². The number of benzene rings is 2. The molecule has 0 saturated carbocycles. The third kappa shape index (κ3) is 6.95. The topological polar surface area (TPSA) is 77.5 Å². The number of pyridine rings is 1. The summed E-state index contributed by atoms with van der Waals surface area (Å²) >= 11 is 5.88. The minimum absolute atomic E-state index is 0.0103. The van der Waals surface area contributed by atoms with Crippen LogP contribution in [0.3, 0.4) is 0 Å². The van der Waals surface area contributed by atoms with E-state index in [1.54, 1.807) is 12.1 Å². The SMILES string of the molecule is O=C(NCCOC(=O)C(Oc1cccc(C(F)(F)F)c1)c1ccc(Cl)cc1)c1cccnc1. The highest BCUT2D eigenvalue weighted by Gasteiger charge is 2.31. The molecule has 0 bridgehead atoms. The molecule has 0 aliphatic rings. The van der Waals surface area contributed by atoms with Gasteiger partial charge in [-0.25, -0.2) is 4.79 Å². The van der Waals surface area contributed by atoms with Gasteiger partial charge in [0, 0.05) is 23.0 Å². The van der Waals surface area contributed by atoms with Gasteiger partial charge in [0.25, 0.3) is 5.91 Å². The molecule has 0 saturated heterocycles. The highest BCUT2D eigenvalue weighted by atomic mass is 35.5. The molecule has 6 nitrogen and oxygen atoms in total. The number of halogens is 4. The second kappa shape index (κ2) is 10.8. The summed E-state index contributed by atoms with van der Waals surface area (Å²) in [5, 5.41) is 2.98. The summed E-state index contributed by atoms with van der Waals surface area (Å²) < 4.78 is 49.8. The first-order valence-corrected chi connectivity index (χ1v) is 10.1. The standard InChI is InChI=1S/C23H18ClF3N2O4/c24-18-8-6-15(7-9-18)20(33-19-5-1-4-17(13-19)23(25,26)27)22(31)32-12-11-29-21(30)16-3-2-10-28-14-16/h1-10,13-14,20H,11-12H2,(H,29,30). The molecule has 1 unspecified atom stereocenters. The molecular weight excluding hydrogens is 461 g/mol. The molecule has 172 valence electrons. The minimum atomic E-state index is -4.57. The second-order valence-corrected chi connectivity index (χ2v) is 7.18. The molecule has 10 heteroatoms. The molecule has 0 aliphatic heterocycles. The number of amides is 1. The molecule has 0 spiro atoms. The van der Waals surface area contributed by atoms with Crippen molar-refractivity contribution in [1.29, 1.82) is 0 Å². The number of alkyl halides is 3. The largest absolute Gasteiger partial charge is 0.474 e. The summed E-state index contributed by atoms with van der Waals surface area (Å²) in [4.78, 5) is 28.6. The van der Waals surface area contributed by atoms with Gasteiger partial charge in [-0.2, -0.15) is 13.2 Å². The lowest BCUT2D eigenvalue weighted by Gasteiger charge is -2.19. The summed E-state index contributed by atoms with van der Waals surface area (Å²) in [5.74, 6) is -1.40. The van der Waals surface area contributed by atoms with Gasteiger partial charge in [-0.1, -0.05) is 29.8 Å². The molecule has 1 atom stereocenters. The molecular formula is C23H18ClF3N2O4. The predicted octanol–water partition coefficient (Wildman–Crippen LogP) is 4.85. The molecule has 1 amide bonds. The molecule has 3 rings (SSSR count). The fourth-order valence-corrected chi connectivity index (χ4v) is 2.89. The van der Waals surface area contributed by atoms with Gasteiger partial charge in [-0.15, -0.1) is 0 Å². The molecule has 0 fully saturated rings. The van der Waals surface area contributed by atoms with Crippen LogP contribution in [0, 0.1) is 0 Å². The number of aromatic nitrogens is 1. The summed E-state index contributed by atoms with van der Waals surface area (Å²) in [6.07, 6.45) is -3.00. The van der Waals surface area contributed by atoms with Crippen LogP contribution in [0.2, 0.25) is 5.02 Å². The average molecular weight is 479 g/mol. The van der Waals surface area contributed by atoms with Gasteiger partial charge < -0.3 is 14.8 Å². The van der Waals surface area contributed by atoms with Crippen LogP contribution in [0.5, 0.6) is 5.75 Å². The number of rotatable bonds is 8. The average Bonchev–Trinajstić information content (AvgIpc) is 2.81. The van der Waals surface area contributed by atoms with Gasteiger partial charge in [0.05, 0.1) is 17.7 Å². The van der Waals surface area contributed by atoms with E-state index in [0.29, 0.717) is 16.1 Å². The van der Waals surface area contributed by atoms with Crippen LogP contribution in [-0.4, -0.2) is 30.0 Å². The van der Waals surface area contributed by atoms with Crippen molar-refractivity contribution in [2.24, 2.45) is 0 Å². The van der Waals surface area contributed by atoms with Crippen molar-refractivity contribution in [2.75, 3.05) is 13.2 Å². The number of nitrogens with one attached hydrogen (secondary N) is 1. The Labute approximate surface area is 192 Å². The van der Waals surface area contributed by atoms with Crippen LogP contribution < -0.4 is 10.1 Å². The molecule has 2 aromatic carbocycles. The Bertz CT molecular complexity index is 1090. The highest BCUT2D eigenvalue weighted by molar-refractivity contribution is 6.30. The van der Waals surface area contributed by atoms with Gasteiger partial charge in [0.1, 0.15) is 12.4 Å². The first kappa shape index (κ1) is 24.1. The molecule has 3 aromatic rings. The fraction of sp³-hybridized carbons (Fsp3) is 0.174. The van der Waals surface area contributed by atoms with Crippen LogP contribution >= 0.6 is 11.6 Å².